The van der Waals surface area contributed by atoms with Gasteiger partial charge in [-0.25, -0.2) is 4.98 Å². The summed E-state index contributed by atoms with van der Waals surface area (Å²) in [4.78, 5) is 27.9. The third kappa shape index (κ3) is 3.25. The number of hydrogen-bond acceptors (Lipinski definition) is 4. The van der Waals surface area contributed by atoms with Gasteiger partial charge in [0, 0.05) is 23.3 Å². The van der Waals surface area contributed by atoms with E-state index in [0.717, 1.165) is 32.4 Å². The lowest BCUT2D eigenvalue weighted by Gasteiger charge is -2.19. The maximum Gasteiger partial charge on any atom is 0.262 e. The van der Waals surface area contributed by atoms with E-state index in [-0.39, 0.29) is 5.91 Å². The minimum Gasteiger partial charge on any atom is -0.360 e. The second-order valence-electron chi connectivity index (χ2n) is 7.39. The number of thiazole rings is 1. The normalized spacial score (nSPS) is 11.3. The van der Waals surface area contributed by atoms with Crippen molar-refractivity contribution >= 4 is 43.5 Å². The highest BCUT2D eigenvalue weighted by molar-refractivity contribution is 7.22. The molecular formula is C24H20N4OS. The first-order chi connectivity index (χ1) is 14.6. The molecule has 0 aliphatic carbocycles. The van der Waals surface area contributed by atoms with Crippen LogP contribution in [0.5, 0.6) is 0 Å². The Morgan fingerprint density at radius 3 is 2.77 bits per heavy atom. The predicted molar refractivity (Wildman–Crippen MR) is 122 cm³/mol. The molecule has 0 saturated carbocycles. The summed E-state index contributed by atoms with van der Waals surface area (Å²) in [6, 6.07) is 17.8. The molecule has 0 radical (unpaired) electrons. The summed E-state index contributed by atoms with van der Waals surface area (Å²) >= 11 is 1.54. The fraction of sp³-hybridized carbons (Fsp3) is 0.125. The van der Waals surface area contributed by atoms with E-state index >= 15 is 0 Å². The van der Waals surface area contributed by atoms with Crippen molar-refractivity contribution in [2.45, 2.75) is 20.4 Å². The average molecular weight is 413 g/mol. The summed E-state index contributed by atoms with van der Waals surface area (Å²) in [5.74, 6) is -0.0912. The Labute approximate surface area is 178 Å². The molecule has 0 fully saturated rings. The Hall–Kier alpha value is -3.51. The zero-order valence-electron chi connectivity index (χ0n) is 16.7. The molecule has 3 aromatic heterocycles. The zero-order chi connectivity index (χ0) is 20.7. The molecule has 0 unspecified atom stereocenters. The number of benzene rings is 2. The van der Waals surface area contributed by atoms with Crippen LogP contribution in [-0.2, 0) is 6.54 Å². The van der Waals surface area contributed by atoms with Crippen molar-refractivity contribution < 1.29 is 4.79 Å². The molecule has 0 atom stereocenters. The van der Waals surface area contributed by atoms with Gasteiger partial charge in [0.05, 0.1) is 28.0 Å². The van der Waals surface area contributed by atoms with Crippen LogP contribution in [0.3, 0.4) is 0 Å². The molecular weight excluding hydrogens is 392 g/mol. The lowest BCUT2D eigenvalue weighted by Crippen LogP contribution is -2.30. The fourth-order valence-electron chi connectivity index (χ4n) is 3.75. The maximum absolute atomic E-state index is 13.7. The van der Waals surface area contributed by atoms with E-state index in [4.69, 9.17) is 4.98 Å². The van der Waals surface area contributed by atoms with Crippen molar-refractivity contribution in [1.29, 1.82) is 0 Å². The number of para-hydroxylation sites is 1. The third-order valence-corrected chi connectivity index (χ3v) is 6.19. The van der Waals surface area contributed by atoms with Crippen molar-refractivity contribution in [3.8, 4) is 0 Å². The second kappa shape index (κ2) is 7.39. The predicted octanol–water partition coefficient (Wildman–Crippen LogP) is 5.64. The number of aromatic amines is 1. The van der Waals surface area contributed by atoms with Crippen LogP contribution in [0, 0.1) is 13.8 Å². The summed E-state index contributed by atoms with van der Waals surface area (Å²) in [7, 11) is 0. The molecule has 2 aromatic carbocycles. The van der Waals surface area contributed by atoms with Crippen LogP contribution < -0.4 is 4.90 Å². The van der Waals surface area contributed by atoms with E-state index in [9.17, 15) is 4.79 Å². The van der Waals surface area contributed by atoms with Crippen LogP contribution in [-0.4, -0.2) is 20.9 Å². The lowest BCUT2D eigenvalue weighted by molar-refractivity contribution is 0.0986. The van der Waals surface area contributed by atoms with Crippen molar-refractivity contribution in [2.75, 3.05) is 4.90 Å². The third-order valence-electron chi connectivity index (χ3n) is 5.16. The highest BCUT2D eigenvalue weighted by atomic mass is 32.1. The van der Waals surface area contributed by atoms with Gasteiger partial charge < -0.3 is 4.98 Å². The van der Waals surface area contributed by atoms with Crippen LogP contribution >= 0.6 is 11.3 Å². The van der Waals surface area contributed by atoms with Gasteiger partial charge in [-0.3, -0.25) is 14.7 Å². The molecule has 148 valence electrons. The van der Waals surface area contributed by atoms with Crippen molar-refractivity contribution in [3.05, 3.63) is 89.4 Å². The first kappa shape index (κ1) is 18.5. The number of H-pyrrole nitrogens is 1. The van der Waals surface area contributed by atoms with Crippen LogP contribution in [0.2, 0.25) is 0 Å². The van der Waals surface area contributed by atoms with Crippen LogP contribution in [0.1, 0.15) is 27.2 Å². The van der Waals surface area contributed by atoms with E-state index in [1.165, 1.54) is 16.9 Å². The standard InChI is InChI=1S/C24H20N4OS/c1-15-11-16(2)22-21(12-15)30-24(27-22)28(14-17-7-5-6-10-25-17)23(29)19-13-26-20-9-4-3-8-18(19)20/h3-13,26H,14H2,1-2H3. The fourth-order valence-corrected chi connectivity index (χ4v) is 4.89. The number of nitrogens with zero attached hydrogens (tertiary/aromatic N) is 3. The molecule has 5 aromatic rings. The summed E-state index contributed by atoms with van der Waals surface area (Å²) in [5.41, 5.74) is 5.64. The highest BCUT2D eigenvalue weighted by Gasteiger charge is 2.24. The Morgan fingerprint density at radius 2 is 1.93 bits per heavy atom. The Balaban J connectivity index is 1.63. The maximum atomic E-state index is 13.7. The lowest BCUT2D eigenvalue weighted by atomic mass is 10.1. The first-order valence-corrected chi connectivity index (χ1v) is 10.6. The van der Waals surface area contributed by atoms with Crippen molar-refractivity contribution in [1.82, 2.24) is 15.0 Å². The minimum atomic E-state index is -0.0912. The molecule has 6 heteroatoms. The average Bonchev–Trinajstić information content (AvgIpc) is 3.37. The van der Waals surface area contributed by atoms with Gasteiger partial charge in [0.2, 0.25) is 0 Å². The molecule has 1 amide bonds. The second-order valence-corrected chi connectivity index (χ2v) is 8.39. The summed E-state index contributed by atoms with van der Waals surface area (Å²) in [6.07, 6.45) is 3.52. The molecule has 1 N–H and O–H groups in total. The van der Waals surface area contributed by atoms with Gasteiger partial charge in [-0.15, -0.1) is 0 Å². The van der Waals surface area contributed by atoms with Gasteiger partial charge in [0.1, 0.15) is 0 Å². The molecule has 3 heterocycles. The molecule has 0 bridgehead atoms. The van der Waals surface area contributed by atoms with E-state index in [2.05, 4.69) is 35.9 Å². The van der Waals surface area contributed by atoms with Crippen LogP contribution in [0.4, 0.5) is 5.13 Å². The topological polar surface area (TPSA) is 61.9 Å². The largest absolute Gasteiger partial charge is 0.360 e. The number of amides is 1. The number of hydrogen-bond donors (Lipinski definition) is 1. The van der Waals surface area contributed by atoms with E-state index in [1.807, 2.05) is 42.5 Å². The van der Waals surface area contributed by atoms with Crippen molar-refractivity contribution in [2.24, 2.45) is 0 Å². The summed E-state index contributed by atoms with van der Waals surface area (Å²) < 4.78 is 1.08. The number of rotatable bonds is 4. The molecule has 0 aliphatic rings. The quantitative estimate of drug-likeness (QED) is 0.416. The molecule has 0 spiro atoms. The van der Waals surface area contributed by atoms with Crippen molar-refractivity contribution in [3.63, 3.8) is 0 Å². The van der Waals surface area contributed by atoms with Crippen LogP contribution in [0.25, 0.3) is 21.1 Å². The van der Waals surface area contributed by atoms with E-state index in [1.54, 1.807) is 17.3 Å². The highest BCUT2D eigenvalue weighted by Crippen LogP contribution is 2.33. The van der Waals surface area contributed by atoms with E-state index < -0.39 is 0 Å². The SMILES string of the molecule is Cc1cc(C)c2nc(N(Cc3ccccn3)C(=O)c3c[nH]c4ccccc34)sc2c1. The first-order valence-electron chi connectivity index (χ1n) is 9.76. The number of aryl methyl sites for hydroxylation is 2. The molecule has 0 saturated heterocycles. The molecule has 5 nitrogen and oxygen atoms in total. The summed E-state index contributed by atoms with van der Waals surface area (Å²) in [6.45, 7) is 4.50. The summed E-state index contributed by atoms with van der Waals surface area (Å²) in [5, 5.41) is 1.58. The van der Waals surface area contributed by atoms with Gasteiger partial charge in [0.25, 0.3) is 5.91 Å². The number of anilines is 1. The number of nitrogens with one attached hydrogen (secondary N) is 1. The molecule has 30 heavy (non-hydrogen) atoms. The number of carbonyl (C=O) groups excluding carboxylic acids is 1. The zero-order valence-corrected chi connectivity index (χ0v) is 17.5. The molecule has 5 rings (SSSR count). The minimum absolute atomic E-state index is 0.0912. The number of fused-ring (bicyclic) bond motifs is 2. The van der Waals surface area contributed by atoms with Crippen LogP contribution in [0.15, 0.2) is 67.0 Å². The van der Waals surface area contributed by atoms with Gasteiger partial charge in [0.15, 0.2) is 5.13 Å². The van der Waals surface area contributed by atoms with Gasteiger partial charge in [-0.2, -0.15) is 0 Å². The Bertz CT molecular complexity index is 1370. The van der Waals surface area contributed by atoms with Gasteiger partial charge >= 0.3 is 0 Å². The monoisotopic (exact) mass is 412 g/mol. The van der Waals surface area contributed by atoms with Gasteiger partial charge in [-0.1, -0.05) is 41.7 Å². The molecule has 0 aliphatic heterocycles. The number of aromatic nitrogens is 3. The Kier molecular flexibility index (Phi) is 4.56. The van der Waals surface area contributed by atoms with E-state index in [0.29, 0.717) is 17.2 Å². The number of carbonyl (C=O) groups is 1. The number of pyridine rings is 1. The Morgan fingerprint density at radius 1 is 1.10 bits per heavy atom. The smallest absolute Gasteiger partial charge is 0.262 e. The van der Waals surface area contributed by atoms with Gasteiger partial charge in [-0.05, 0) is 49.2 Å².